The summed E-state index contributed by atoms with van der Waals surface area (Å²) in [4.78, 5) is 42.3. The molecule has 23 heavy (non-hydrogen) atoms. The Morgan fingerprint density at radius 2 is 2.39 bits per heavy atom. The molecule has 1 aromatic heterocycles. The number of carbonyl (C=O) groups excluding carboxylic acids is 2. The van der Waals surface area contributed by atoms with Crippen LogP contribution < -0.4 is 10.4 Å². The zero-order valence-electron chi connectivity index (χ0n) is 12.8. The van der Waals surface area contributed by atoms with Gasteiger partial charge in [-0.2, -0.15) is 5.48 Å². The van der Waals surface area contributed by atoms with Gasteiger partial charge in [0.05, 0.1) is 36.5 Å². The Hall–Kier alpha value is -1.75. The summed E-state index contributed by atoms with van der Waals surface area (Å²) in [7, 11) is 1.51. The van der Waals surface area contributed by atoms with Gasteiger partial charge in [0, 0.05) is 13.1 Å². The van der Waals surface area contributed by atoms with Crippen molar-refractivity contribution < 1.29 is 19.2 Å². The standard InChI is InChI=1S/C13H18BN3O5S/c1-3-4-22-15-9-5-16(14-8-18)6-10-12(9)23-13(20)17(10)7-11(19)21-2/h3,8-9,14-15H,1,4-7H2,2H3. The molecule has 0 saturated carbocycles. The summed E-state index contributed by atoms with van der Waals surface area (Å²) in [6.45, 7) is 4.69. The fourth-order valence-corrected chi connectivity index (χ4v) is 3.43. The minimum absolute atomic E-state index is 0.143. The monoisotopic (exact) mass is 339 g/mol. The molecule has 0 amide bonds. The summed E-state index contributed by atoms with van der Waals surface area (Å²) in [6, 6.07) is -0.254. The molecule has 1 aliphatic rings. The second-order valence-corrected chi connectivity index (χ2v) is 5.97. The maximum Gasteiger partial charge on any atom is 0.325 e. The summed E-state index contributed by atoms with van der Waals surface area (Å²) in [5.41, 5.74) is 3.59. The van der Waals surface area contributed by atoms with E-state index in [0.717, 1.165) is 22.4 Å². The number of ether oxygens (including phenoxy) is 1. The molecule has 0 fully saturated rings. The highest BCUT2D eigenvalue weighted by atomic mass is 32.1. The van der Waals surface area contributed by atoms with Gasteiger partial charge in [0.25, 0.3) is 7.41 Å². The lowest BCUT2D eigenvalue weighted by molar-refractivity contribution is -0.141. The summed E-state index contributed by atoms with van der Waals surface area (Å²) in [5, 5.41) is 0. The predicted molar refractivity (Wildman–Crippen MR) is 86.9 cm³/mol. The molecule has 0 bridgehead atoms. The lowest BCUT2D eigenvalue weighted by Crippen LogP contribution is -2.42. The Morgan fingerprint density at radius 1 is 1.61 bits per heavy atom. The first-order valence-electron chi connectivity index (χ1n) is 7.04. The maximum atomic E-state index is 12.2. The van der Waals surface area contributed by atoms with Crippen LogP contribution in [-0.2, 0) is 32.3 Å². The number of hydrogen-bond acceptors (Lipinski definition) is 8. The molecule has 0 saturated heterocycles. The van der Waals surface area contributed by atoms with Crippen LogP contribution >= 0.6 is 11.3 Å². The molecule has 0 aliphatic carbocycles. The van der Waals surface area contributed by atoms with Gasteiger partial charge >= 0.3 is 10.8 Å². The predicted octanol–water partition coefficient (Wildman–Crippen LogP) is -0.812. The third-order valence-electron chi connectivity index (χ3n) is 3.43. The molecule has 0 spiro atoms. The largest absolute Gasteiger partial charge is 0.468 e. The molecule has 1 N–H and O–H groups in total. The Kier molecular flexibility index (Phi) is 6.28. The molecule has 1 unspecified atom stereocenters. The number of fused-ring (bicyclic) bond motifs is 1. The number of esters is 1. The van der Waals surface area contributed by atoms with Crippen LogP contribution in [0, 0.1) is 0 Å². The quantitative estimate of drug-likeness (QED) is 0.165. The van der Waals surface area contributed by atoms with Crippen LogP contribution in [0.2, 0.25) is 0 Å². The minimum atomic E-state index is -0.493. The molecule has 2 heterocycles. The molecular formula is C13H18BN3O5S. The normalized spacial score (nSPS) is 17.3. The molecule has 10 heteroatoms. The highest BCUT2D eigenvalue weighted by Crippen LogP contribution is 2.28. The number of rotatable bonds is 8. The van der Waals surface area contributed by atoms with Gasteiger partial charge in [0.1, 0.15) is 6.54 Å². The van der Waals surface area contributed by atoms with Crippen molar-refractivity contribution in [3.8, 4) is 0 Å². The van der Waals surface area contributed by atoms with Crippen LogP contribution in [0.5, 0.6) is 0 Å². The summed E-state index contributed by atoms with van der Waals surface area (Å²) in [5.74, 6) is -0.493. The average Bonchev–Trinajstić information content (AvgIpc) is 2.84. The first kappa shape index (κ1) is 17.6. The lowest BCUT2D eigenvalue weighted by Gasteiger charge is -2.31. The molecule has 1 aromatic rings. The first-order valence-corrected chi connectivity index (χ1v) is 7.85. The number of nitrogens with zero attached hydrogens (tertiary/aromatic N) is 2. The molecule has 124 valence electrons. The molecule has 1 atom stereocenters. The maximum absolute atomic E-state index is 12.2. The van der Waals surface area contributed by atoms with Crippen molar-refractivity contribution in [1.29, 1.82) is 0 Å². The number of nitrogens with one attached hydrogen (secondary N) is 1. The van der Waals surface area contributed by atoms with Crippen molar-refractivity contribution in [1.82, 2.24) is 14.9 Å². The number of carbonyl (C=O) groups is 2. The van der Waals surface area contributed by atoms with Crippen molar-refractivity contribution in [3.05, 3.63) is 32.9 Å². The van der Waals surface area contributed by atoms with Crippen LogP contribution in [0.1, 0.15) is 16.6 Å². The summed E-state index contributed by atoms with van der Waals surface area (Å²) >= 11 is 1.07. The van der Waals surface area contributed by atoms with Gasteiger partial charge in [-0.15, -0.1) is 6.58 Å². The third-order valence-corrected chi connectivity index (χ3v) is 4.57. The molecular weight excluding hydrogens is 321 g/mol. The number of thiazole rings is 1. The lowest BCUT2D eigenvalue weighted by atomic mass is 9.90. The fourth-order valence-electron chi connectivity index (χ4n) is 2.40. The first-order chi connectivity index (χ1) is 11.1. The van der Waals surface area contributed by atoms with Crippen molar-refractivity contribution in [3.63, 3.8) is 0 Å². The van der Waals surface area contributed by atoms with E-state index in [-0.39, 0.29) is 24.9 Å². The Morgan fingerprint density at radius 3 is 3.04 bits per heavy atom. The highest BCUT2D eigenvalue weighted by Gasteiger charge is 2.31. The van der Waals surface area contributed by atoms with Gasteiger partial charge in [-0.25, -0.2) is 0 Å². The molecule has 0 radical (unpaired) electrons. The van der Waals surface area contributed by atoms with E-state index in [1.807, 2.05) is 4.81 Å². The number of hydroxylamine groups is 1. The summed E-state index contributed by atoms with van der Waals surface area (Å²) < 4.78 is 6.03. The molecule has 8 nitrogen and oxygen atoms in total. The van der Waals surface area contributed by atoms with Crippen molar-refractivity contribution in [2.45, 2.75) is 19.1 Å². The van der Waals surface area contributed by atoms with Crippen LogP contribution in [0.4, 0.5) is 0 Å². The van der Waals surface area contributed by atoms with Crippen LogP contribution in [0.15, 0.2) is 17.4 Å². The highest BCUT2D eigenvalue weighted by molar-refractivity contribution is 7.09. The van der Waals surface area contributed by atoms with Gasteiger partial charge in [-0.1, -0.05) is 17.4 Å². The van der Waals surface area contributed by atoms with E-state index in [9.17, 15) is 14.4 Å². The van der Waals surface area contributed by atoms with Gasteiger partial charge in [0.2, 0.25) is 0 Å². The van der Waals surface area contributed by atoms with E-state index in [2.05, 4.69) is 16.8 Å². The topological polar surface area (TPSA) is 89.9 Å². The Labute approximate surface area is 137 Å². The van der Waals surface area contributed by atoms with E-state index in [1.54, 1.807) is 6.08 Å². The number of methoxy groups -OCH3 is 1. The molecule has 2 rings (SSSR count). The van der Waals surface area contributed by atoms with E-state index in [4.69, 9.17) is 4.84 Å². The number of hydrogen-bond donors (Lipinski definition) is 1. The van der Waals surface area contributed by atoms with E-state index < -0.39 is 5.97 Å². The second kappa shape index (κ2) is 8.20. The van der Waals surface area contributed by atoms with Gasteiger partial charge in [-0.05, 0) is 0 Å². The zero-order valence-corrected chi connectivity index (χ0v) is 13.6. The minimum Gasteiger partial charge on any atom is -0.468 e. The van der Waals surface area contributed by atoms with Crippen LogP contribution in [0.25, 0.3) is 0 Å². The smallest absolute Gasteiger partial charge is 0.325 e. The van der Waals surface area contributed by atoms with Crippen molar-refractivity contribution >= 4 is 30.9 Å². The van der Waals surface area contributed by atoms with Gasteiger partial charge in [0.15, 0.2) is 0 Å². The Balaban J connectivity index is 2.30. The fraction of sp³-hybridized carbons (Fsp3) is 0.462. The molecule has 1 aliphatic heterocycles. The second-order valence-electron chi connectivity index (χ2n) is 4.97. The number of aromatic nitrogens is 1. The molecule has 0 aromatic carbocycles. The van der Waals surface area contributed by atoms with E-state index >= 15 is 0 Å². The van der Waals surface area contributed by atoms with Gasteiger partial charge < -0.3 is 14.3 Å². The van der Waals surface area contributed by atoms with E-state index in [1.165, 1.54) is 11.7 Å². The summed E-state index contributed by atoms with van der Waals surface area (Å²) in [6.07, 6.45) is 2.41. The third kappa shape index (κ3) is 4.17. The van der Waals surface area contributed by atoms with Crippen molar-refractivity contribution in [2.75, 3.05) is 20.3 Å². The van der Waals surface area contributed by atoms with E-state index in [0.29, 0.717) is 25.4 Å². The van der Waals surface area contributed by atoms with Crippen molar-refractivity contribution in [2.24, 2.45) is 0 Å². The zero-order chi connectivity index (χ0) is 16.8. The van der Waals surface area contributed by atoms with Gasteiger partial charge in [-0.3, -0.25) is 19.0 Å². The SMILES string of the molecule is C=CCONC1CN(BC=O)Cc2c1sc(=O)n2CC(=O)OC. The Bertz CT molecular complexity index is 644. The van der Waals surface area contributed by atoms with Crippen LogP contribution in [0.3, 0.4) is 0 Å². The van der Waals surface area contributed by atoms with Crippen LogP contribution in [-0.4, -0.2) is 49.2 Å². The average molecular weight is 339 g/mol.